The quantitative estimate of drug-likeness (QED) is 0.593. The second-order valence-corrected chi connectivity index (χ2v) is 3.87. The van der Waals surface area contributed by atoms with Gasteiger partial charge in [0.25, 0.3) is 0 Å². The number of alkyl halides is 3. The van der Waals surface area contributed by atoms with E-state index >= 15 is 0 Å². The smallest absolute Gasteiger partial charge is 0.417 e. The lowest BCUT2D eigenvalue weighted by molar-refractivity contribution is -0.138. The van der Waals surface area contributed by atoms with E-state index < -0.39 is 23.3 Å². The van der Waals surface area contributed by atoms with Crippen LogP contribution >= 0.6 is 0 Å². The van der Waals surface area contributed by atoms with Crippen molar-refractivity contribution in [3.05, 3.63) is 47.2 Å². The van der Waals surface area contributed by atoms with Crippen molar-refractivity contribution < 1.29 is 22.7 Å². The van der Waals surface area contributed by atoms with Crippen LogP contribution in [0.5, 0.6) is 0 Å². The van der Waals surface area contributed by atoms with Gasteiger partial charge in [-0.15, -0.1) is 0 Å². The molecule has 0 fully saturated rings. The van der Waals surface area contributed by atoms with Gasteiger partial charge >= 0.3 is 12.1 Å². The highest BCUT2D eigenvalue weighted by Gasteiger charge is 2.35. The standard InChI is InChI=1S/C14H15F3O2/c1-3-7-10(4-2)19-13(18)11-8-5-6-9-12(11)14(15,16)17/h5-9H,3-4H2,1-2H3/b10-7-. The first-order chi connectivity index (χ1) is 8.90. The average Bonchev–Trinajstić information content (AvgIpc) is 2.37. The Hall–Kier alpha value is -1.78. The molecule has 0 unspecified atom stereocenters. The molecule has 0 heterocycles. The molecule has 19 heavy (non-hydrogen) atoms. The molecular weight excluding hydrogens is 257 g/mol. The first kappa shape index (κ1) is 15.3. The van der Waals surface area contributed by atoms with E-state index in [0.717, 1.165) is 12.1 Å². The summed E-state index contributed by atoms with van der Waals surface area (Å²) >= 11 is 0. The van der Waals surface area contributed by atoms with E-state index in [1.54, 1.807) is 13.0 Å². The molecule has 0 aromatic heterocycles. The molecule has 1 aromatic carbocycles. The van der Waals surface area contributed by atoms with Crippen molar-refractivity contribution in [3.8, 4) is 0 Å². The van der Waals surface area contributed by atoms with Gasteiger partial charge in [0, 0.05) is 6.42 Å². The number of allylic oxidation sites excluding steroid dienone is 2. The fraction of sp³-hybridized carbons (Fsp3) is 0.357. The molecule has 1 rings (SSSR count). The van der Waals surface area contributed by atoms with Crippen LogP contribution in [-0.4, -0.2) is 5.97 Å². The van der Waals surface area contributed by atoms with Gasteiger partial charge in [0.15, 0.2) is 0 Å². The molecule has 0 aliphatic heterocycles. The minimum atomic E-state index is -4.57. The molecule has 0 aliphatic carbocycles. The summed E-state index contributed by atoms with van der Waals surface area (Å²) < 4.78 is 43.2. The third-order valence-electron chi connectivity index (χ3n) is 2.46. The van der Waals surface area contributed by atoms with E-state index in [-0.39, 0.29) is 0 Å². The third kappa shape index (κ3) is 4.12. The Labute approximate surface area is 109 Å². The predicted molar refractivity (Wildman–Crippen MR) is 65.5 cm³/mol. The summed E-state index contributed by atoms with van der Waals surface area (Å²) in [5.41, 5.74) is -1.45. The van der Waals surface area contributed by atoms with Gasteiger partial charge < -0.3 is 4.74 Å². The molecule has 1 aromatic rings. The zero-order valence-corrected chi connectivity index (χ0v) is 10.8. The summed E-state index contributed by atoms with van der Waals surface area (Å²) in [6, 6.07) is 4.60. The van der Waals surface area contributed by atoms with Crippen molar-refractivity contribution in [2.24, 2.45) is 0 Å². The van der Waals surface area contributed by atoms with Crippen LogP contribution in [0.25, 0.3) is 0 Å². The maximum Gasteiger partial charge on any atom is 0.417 e. The fourth-order valence-corrected chi connectivity index (χ4v) is 1.57. The SMILES string of the molecule is CC/C=C(/CC)OC(=O)c1ccccc1C(F)(F)F. The van der Waals surface area contributed by atoms with Crippen LogP contribution in [0.15, 0.2) is 36.1 Å². The number of carbonyl (C=O) groups is 1. The summed E-state index contributed by atoms with van der Waals surface area (Å²) in [5.74, 6) is -0.598. The molecule has 0 saturated heterocycles. The Kier molecular flexibility index (Phi) is 5.15. The van der Waals surface area contributed by atoms with Crippen molar-refractivity contribution in [2.45, 2.75) is 32.9 Å². The lowest BCUT2D eigenvalue weighted by Gasteiger charge is -2.12. The summed E-state index contributed by atoms with van der Waals surface area (Å²) in [7, 11) is 0. The van der Waals surface area contributed by atoms with Crippen LogP contribution < -0.4 is 0 Å². The van der Waals surface area contributed by atoms with Crippen molar-refractivity contribution in [3.63, 3.8) is 0 Å². The first-order valence-corrected chi connectivity index (χ1v) is 5.97. The van der Waals surface area contributed by atoms with E-state index in [2.05, 4.69) is 0 Å². The second kappa shape index (κ2) is 6.41. The number of hydrogen-bond acceptors (Lipinski definition) is 2. The molecule has 0 spiro atoms. The summed E-state index contributed by atoms with van der Waals surface area (Å²) in [6.45, 7) is 3.62. The fourth-order valence-electron chi connectivity index (χ4n) is 1.57. The summed E-state index contributed by atoms with van der Waals surface area (Å²) in [4.78, 5) is 11.8. The molecule has 0 aliphatic rings. The Morgan fingerprint density at radius 3 is 2.42 bits per heavy atom. The highest BCUT2D eigenvalue weighted by atomic mass is 19.4. The van der Waals surface area contributed by atoms with E-state index in [1.807, 2.05) is 6.92 Å². The molecule has 2 nitrogen and oxygen atoms in total. The van der Waals surface area contributed by atoms with Crippen LogP contribution in [0.3, 0.4) is 0 Å². The molecular formula is C14H15F3O2. The van der Waals surface area contributed by atoms with E-state index in [4.69, 9.17) is 4.74 Å². The number of esters is 1. The molecule has 0 N–H and O–H groups in total. The van der Waals surface area contributed by atoms with E-state index in [9.17, 15) is 18.0 Å². The minimum Gasteiger partial charge on any atom is -0.428 e. The van der Waals surface area contributed by atoms with Crippen LogP contribution in [0.4, 0.5) is 13.2 Å². The largest absolute Gasteiger partial charge is 0.428 e. The normalized spacial score (nSPS) is 12.4. The van der Waals surface area contributed by atoms with Gasteiger partial charge in [-0.25, -0.2) is 4.79 Å². The first-order valence-electron chi connectivity index (χ1n) is 5.97. The lowest BCUT2D eigenvalue weighted by Crippen LogP contribution is -2.14. The molecule has 104 valence electrons. The molecule has 0 bridgehead atoms. The van der Waals surface area contributed by atoms with Crippen LogP contribution in [0, 0.1) is 0 Å². The number of hydrogen-bond donors (Lipinski definition) is 0. The van der Waals surface area contributed by atoms with Gasteiger partial charge in [-0.05, 0) is 24.6 Å². The summed E-state index contributed by atoms with van der Waals surface area (Å²) in [6.07, 6.45) is -1.80. The number of halogens is 3. The van der Waals surface area contributed by atoms with Gasteiger partial charge in [-0.2, -0.15) is 13.2 Å². The molecule has 0 amide bonds. The number of carbonyl (C=O) groups excluding carboxylic acids is 1. The minimum absolute atomic E-state index is 0.379. The van der Waals surface area contributed by atoms with E-state index in [1.165, 1.54) is 12.1 Å². The van der Waals surface area contributed by atoms with Crippen molar-refractivity contribution in [2.75, 3.05) is 0 Å². The van der Waals surface area contributed by atoms with Gasteiger partial charge in [-0.1, -0.05) is 26.0 Å². The zero-order chi connectivity index (χ0) is 14.5. The molecule has 5 heteroatoms. The van der Waals surface area contributed by atoms with Gasteiger partial charge in [0.05, 0.1) is 11.1 Å². The highest BCUT2D eigenvalue weighted by Crippen LogP contribution is 2.32. The van der Waals surface area contributed by atoms with Crippen LogP contribution in [-0.2, 0) is 10.9 Å². The zero-order valence-electron chi connectivity index (χ0n) is 10.8. The molecule has 0 atom stereocenters. The van der Waals surface area contributed by atoms with Crippen LogP contribution in [0.1, 0.15) is 42.6 Å². The molecule has 0 saturated carbocycles. The Balaban J connectivity index is 3.04. The van der Waals surface area contributed by atoms with Gasteiger partial charge in [0.2, 0.25) is 0 Å². The monoisotopic (exact) mass is 272 g/mol. The lowest BCUT2D eigenvalue weighted by atomic mass is 10.1. The van der Waals surface area contributed by atoms with Gasteiger partial charge in [0.1, 0.15) is 5.76 Å². The Morgan fingerprint density at radius 1 is 1.26 bits per heavy atom. The third-order valence-corrected chi connectivity index (χ3v) is 2.46. The number of benzene rings is 1. The summed E-state index contributed by atoms with van der Waals surface area (Å²) in [5, 5.41) is 0. The highest BCUT2D eigenvalue weighted by molar-refractivity contribution is 5.92. The average molecular weight is 272 g/mol. The number of ether oxygens (including phenoxy) is 1. The van der Waals surface area contributed by atoms with E-state index in [0.29, 0.717) is 18.6 Å². The van der Waals surface area contributed by atoms with Crippen molar-refractivity contribution in [1.82, 2.24) is 0 Å². The van der Waals surface area contributed by atoms with Gasteiger partial charge in [-0.3, -0.25) is 0 Å². The maximum atomic E-state index is 12.8. The number of rotatable bonds is 4. The van der Waals surface area contributed by atoms with Crippen LogP contribution in [0.2, 0.25) is 0 Å². The molecule has 0 radical (unpaired) electrons. The second-order valence-electron chi connectivity index (χ2n) is 3.87. The van der Waals surface area contributed by atoms with Crippen molar-refractivity contribution >= 4 is 5.97 Å². The Morgan fingerprint density at radius 2 is 1.89 bits per heavy atom. The predicted octanol–water partition coefficient (Wildman–Crippen LogP) is 4.57. The topological polar surface area (TPSA) is 26.3 Å². The van der Waals surface area contributed by atoms with Crippen molar-refractivity contribution in [1.29, 1.82) is 0 Å². The Bertz CT molecular complexity index is 476. The maximum absolute atomic E-state index is 12.8.